The topological polar surface area (TPSA) is 128 Å². The average Bonchev–Trinajstić information content (AvgIpc) is 2.72. The zero-order valence-corrected chi connectivity index (χ0v) is 17.1. The van der Waals surface area contributed by atoms with Crippen LogP contribution in [0.3, 0.4) is 0 Å². The highest BCUT2D eigenvalue weighted by Crippen LogP contribution is 2.31. The molecule has 0 spiro atoms. The monoisotopic (exact) mass is 432 g/mol. The van der Waals surface area contributed by atoms with Crippen LogP contribution in [0.2, 0.25) is 0 Å². The van der Waals surface area contributed by atoms with Crippen molar-refractivity contribution in [2.45, 2.75) is 23.5 Å². The Morgan fingerprint density at radius 3 is 2.57 bits per heavy atom. The molecule has 1 aliphatic rings. The van der Waals surface area contributed by atoms with E-state index in [1.165, 1.54) is 56.5 Å². The van der Waals surface area contributed by atoms with Gasteiger partial charge in [0.2, 0.25) is 5.91 Å². The molecule has 0 bridgehead atoms. The van der Waals surface area contributed by atoms with Crippen molar-refractivity contribution in [2.24, 2.45) is 0 Å². The molecule has 0 radical (unpaired) electrons. The molecule has 2 aromatic carbocycles. The number of carbonyl (C=O) groups excluding carboxylic acids is 3. The number of carbonyl (C=O) groups is 3. The lowest BCUT2D eigenvalue weighted by atomic mass is 10.2. The molecule has 0 saturated heterocycles. The molecule has 2 N–H and O–H groups in total. The summed E-state index contributed by atoms with van der Waals surface area (Å²) in [5, 5.41) is 4.16. The van der Waals surface area contributed by atoms with Crippen LogP contribution in [-0.2, 0) is 24.2 Å². The van der Waals surface area contributed by atoms with Gasteiger partial charge in [-0.05, 0) is 49.4 Å². The normalized spacial score (nSPS) is 14.0. The Balaban J connectivity index is 1.68. The summed E-state index contributed by atoms with van der Waals surface area (Å²) in [4.78, 5) is 35.2. The quantitative estimate of drug-likeness (QED) is 0.668. The van der Waals surface area contributed by atoms with E-state index in [1.54, 1.807) is 0 Å². The number of rotatable bonds is 6. The maximum absolute atomic E-state index is 12.9. The van der Waals surface area contributed by atoms with E-state index in [-0.39, 0.29) is 29.5 Å². The third-order valence-electron chi connectivity index (χ3n) is 4.50. The minimum absolute atomic E-state index is 0.0187. The Bertz CT molecular complexity index is 1090. The number of hydrogen-bond donors (Lipinski definition) is 2. The molecule has 0 aromatic heterocycles. The summed E-state index contributed by atoms with van der Waals surface area (Å²) >= 11 is 0. The second-order valence-electron chi connectivity index (χ2n) is 6.67. The second kappa shape index (κ2) is 8.54. The highest BCUT2D eigenvalue weighted by molar-refractivity contribution is 7.92. The van der Waals surface area contributed by atoms with Gasteiger partial charge in [0, 0.05) is 12.1 Å². The minimum Gasteiger partial charge on any atom is -0.482 e. The summed E-state index contributed by atoms with van der Waals surface area (Å²) in [5.74, 6) is -0.984. The van der Waals surface area contributed by atoms with E-state index in [9.17, 15) is 22.8 Å². The molecular weight excluding hydrogens is 412 g/mol. The Morgan fingerprint density at radius 2 is 1.90 bits per heavy atom. The Kier molecular flexibility index (Phi) is 6.06. The van der Waals surface area contributed by atoms with E-state index in [2.05, 4.69) is 15.4 Å². The summed E-state index contributed by atoms with van der Waals surface area (Å²) in [6, 6.07) is 10.2. The fraction of sp³-hybridized carbons (Fsp3) is 0.250. The first-order valence-electron chi connectivity index (χ1n) is 8.99. The molecule has 158 valence electrons. The molecule has 1 heterocycles. The van der Waals surface area contributed by atoms with Gasteiger partial charge in [-0.2, -0.15) is 0 Å². The SMILES string of the molecule is COC(=O)c1ccc(NC(=O)C[C@@H](C)S(=O)(=O)c2ccc3c(c2)NC(=O)CO3)cc1. The Labute approximate surface area is 173 Å². The number of methoxy groups -OCH3 is 1. The number of nitrogens with one attached hydrogen (secondary N) is 2. The number of ether oxygens (including phenoxy) is 2. The third kappa shape index (κ3) is 4.60. The van der Waals surface area contributed by atoms with Crippen molar-refractivity contribution < 1.29 is 32.3 Å². The zero-order chi connectivity index (χ0) is 21.9. The van der Waals surface area contributed by atoms with Crippen LogP contribution in [0.5, 0.6) is 5.75 Å². The lowest BCUT2D eigenvalue weighted by Gasteiger charge is -2.19. The molecule has 0 aliphatic carbocycles. The fourth-order valence-corrected chi connectivity index (χ4v) is 4.24. The highest BCUT2D eigenvalue weighted by Gasteiger charge is 2.28. The van der Waals surface area contributed by atoms with Crippen LogP contribution >= 0.6 is 0 Å². The van der Waals surface area contributed by atoms with E-state index < -0.39 is 27.0 Å². The van der Waals surface area contributed by atoms with Gasteiger partial charge in [-0.15, -0.1) is 0 Å². The molecule has 10 heteroatoms. The molecule has 2 aromatic rings. The first-order valence-corrected chi connectivity index (χ1v) is 10.5. The second-order valence-corrected chi connectivity index (χ2v) is 9.04. The maximum Gasteiger partial charge on any atom is 0.337 e. The lowest BCUT2D eigenvalue weighted by molar-refractivity contribution is -0.118. The standard InChI is InChI=1S/C20H20N2O7S/c1-12(9-18(23)21-14-5-3-13(4-6-14)20(25)28-2)30(26,27)15-7-8-17-16(10-15)22-19(24)11-29-17/h3-8,10,12H,9,11H2,1-2H3,(H,21,23)(H,22,24)/t12-/m1/s1. The first-order chi connectivity index (χ1) is 14.2. The van der Waals surface area contributed by atoms with E-state index >= 15 is 0 Å². The van der Waals surface area contributed by atoms with E-state index in [4.69, 9.17) is 4.74 Å². The number of hydrogen-bond acceptors (Lipinski definition) is 7. The van der Waals surface area contributed by atoms with Crippen molar-refractivity contribution >= 4 is 39.0 Å². The number of anilines is 2. The predicted molar refractivity (Wildman–Crippen MR) is 108 cm³/mol. The molecule has 9 nitrogen and oxygen atoms in total. The number of esters is 1. The Morgan fingerprint density at radius 1 is 1.20 bits per heavy atom. The van der Waals surface area contributed by atoms with Crippen molar-refractivity contribution in [2.75, 3.05) is 24.4 Å². The summed E-state index contributed by atoms with van der Waals surface area (Å²) in [6.07, 6.45) is -0.277. The molecule has 30 heavy (non-hydrogen) atoms. The van der Waals surface area contributed by atoms with E-state index in [0.717, 1.165) is 0 Å². The fourth-order valence-electron chi connectivity index (χ4n) is 2.86. The molecular formula is C20H20N2O7S. The van der Waals surface area contributed by atoms with Gasteiger partial charge >= 0.3 is 5.97 Å². The van der Waals surface area contributed by atoms with Crippen molar-refractivity contribution in [3.63, 3.8) is 0 Å². The van der Waals surface area contributed by atoms with Crippen molar-refractivity contribution in [1.29, 1.82) is 0 Å². The molecule has 0 unspecified atom stereocenters. The lowest BCUT2D eigenvalue weighted by Crippen LogP contribution is -2.27. The zero-order valence-electron chi connectivity index (χ0n) is 16.3. The molecule has 1 aliphatic heterocycles. The van der Waals surface area contributed by atoms with Crippen molar-refractivity contribution in [1.82, 2.24) is 0 Å². The highest BCUT2D eigenvalue weighted by atomic mass is 32.2. The molecule has 0 saturated carbocycles. The molecule has 2 amide bonds. The number of amides is 2. The van der Waals surface area contributed by atoms with Gasteiger partial charge < -0.3 is 20.1 Å². The van der Waals surface area contributed by atoms with Gasteiger partial charge in [-0.3, -0.25) is 9.59 Å². The van der Waals surface area contributed by atoms with Crippen LogP contribution in [-0.4, -0.2) is 45.2 Å². The number of benzene rings is 2. The first kappa shape index (κ1) is 21.3. The van der Waals surface area contributed by atoms with Gasteiger partial charge in [-0.1, -0.05) is 0 Å². The van der Waals surface area contributed by atoms with Crippen LogP contribution < -0.4 is 15.4 Å². The van der Waals surface area contributed by atoms with Gasteiger partial charge in [0.15, 0.2) is 16.4 Å². The minimum atomic E-state index is -3.83. The van der Waals surface area contributed by atoms with Crippen LogP contribution in [0.1, 0.15) is 23.7 Å². The predicted octanol–water partition coefficient (Wildman–Crippen LogP) is 2.00. The van der Waals surface area contributed by atoms with Gasteiger partial charge in [-0.25, -0.2) is 13.2 Å². The smallest absolute Gasteiger partial charge is 0.337 e. The van der Waals surface area contributed by atoms with Gasteiger partial charge in [0.1, 0.15) is 5.75 Å². The van der Waals surface area contributed by atoms with Gasteiger partial charge in [0.25, 0.3) is 5.91 Å². The molecule has 1 atom stereocenters. The largest absolute Gasteiger partial charge is 0.482 e. The molecule has 3 rings (SSSR count). The van der Waals surface area contributed by atoms with E-state index in [1.807, 2.05) is 0 Å². The van der Waals surface area contributed by atoms with Crippen LogP contribution in [0.25, 0.3) is 0 Å². The van der Waals surface area contributed by atoms with Crippen LogP contribution in [0.15, 0.2) is 47.4 Å². The van der Waals surface area contributed by atoms with Crippen LogP contribution in [0.4, 0.5) is 11.4 Å². The summed E-state index contributed by atoms with van der Waals surface area (Å²) in [7, 11) is -2.56. The maximum atomic E-state index is 12.9. The average molecular weight is 432 g/mol. The third-order valence-corrected chi connectivity index (χ3v) is 6.64. The van der Waals surface area contributed by atoms with Crippen molar-refractivity contribution in [3.05, 3.63) is 48.0 Å². The number of fused-ring (bicyclic) bond motifs is 1. The summed E-state index contributed by atoms with van der Waals surface area (Å²) in [5.41, 5.74) is 1.02. The van der Waals surface area contributed by atoms with E-state index in [0.29, 0.717) is 17.0 Å². The van der Waals surface area contributed by atoms with Crippen LogP contribution in [0, 0.1) is 0 Å². The van der Waals surface area contributed by atoms with Gasteiger partial charge in [0.05, 0.1) is 28.5 Å². The molecule has 0 fully saturated rings. The Hall–Kier alpha value is -3.40. The summed E-state index contributed by atoms with van der Waals surface area (Å²) < 4.78 is 35.5. The summed E-state index contributed by atoms with van der Waals surface area (Å²) in [6.45, 7) is 1.31. The number of sulfone groups is 1. The van der Waals surface area contributed by atoms with Crippen molar-refractivity contribution in [3.8, 4) is 5.75 Å².